The fourth-order valence-corrected chi connectivity index (χ4v) is 4.66. The molecule has 4 rings (SSSR count). The number of piperidine rings is 1. The van der Waals surface area contributed by atoms with Gasteiger partial charge >= 0.3 is 6.09 Å². The van der Waals surface area contributed by atoms with Gasteiger partial charge in [0.2, 0.25) is 5.95 Å². The van der Waals surface area contributed by atoms with Crippen LogP contribution in [-0.4, -0.2) is 61.4 Å². The Morgan fingerprint density at radius 2 is 2.00 bits per heavy atom. The molecule has 3 heterocycles. The van der Waals surface area contributed by atoms with Crippen molar-refractivity contribution in [3.63, 3.8) is 0 Å². The molecule has 0 saturated carbocycles. The second-order valence-corrected chi connectivity index (χ2v) is 10.0. The van der Waals surface area contributed by atoms with E-state index in [0.717, 1.165) is 35.2 Å². The van der Waals surface area contributed by atoms with Crippen molar-refractivity contribution in [1.29, 1.82) is 0 Å². The molecule has 6 N–H and O–H groups in total. The molecule has 1 amide bonds. The Morgan fingerprint density at radius 1 is 1.24 bits per heavy atom. The maximum absolute atomic E-state index is 11.9. The van der Waals surface area contributed by atoms with E-state index in [0.29, 0.717) is 30.5 Å². The molecule has 0 spiro atoms. The van der Waals surface area contributed by atoms with Gasteiger partial charge in [-0.25, -0.2) is 9.78 Å². The zero-order chi connectivity index (χ0) is 23.9. The number of nitrogens with zero attached hydrogens (tertiary/aromatic N) is 5. The topological polar surface area (TPSA) is 150 Å². The number of carboxylic acid groups (broad SMARTS) is 1. The average molecular weight is 453 g/mol. The lowest BCUT2D eigenvalue weighted by atomic mass is 9.89. The Kier molecular flexibility index (Phi) is 5.77. The average Bonchev–Trinajstić information content (AvgIpc) is 3.10. The maximum Gasteiger partial charge on any atom is 0.407 e. The van der Waals surface area contributed by atoms with Crippen molar-refractivity contribution in [3.05, 3.63) is 24.3 Å². The third kappa shape index (κ3) is 4.79. The molecular formula is C23H32N8O2. The van der Waals surface area contributed by atoms with E-state index in [2.05, 4.69) is 32.0 Å². The minimum absolute atomic E-state index is 0.188. The third-order valence-corrected chi connectivity index (χ3v) is 6.17. The molecule has 2 aromatic heterocycles. The predicted molar refractivity (Wildman–Crippen MR) is 130 cm³/mol. The summed E-state index contributed by atoms with van der Waals surface area (Å²) >= 11 is 0. The molecule has 10 heteroatoms. The molecule has 1 aromatic carbocycles. The zero-order valence-corrected chi connectivity index (χ0v) is 19.5. The maximum atomic E-state index is 11.9. The van der Waals surface area contributed by atoms with Gasteiger partial charge in [0.1, 0.15) is 5.82 Å². The monoisotopic (exact) mass is 452 g/mol. The van der Waals surface area contributed by atoms with Crippen LogP contribution in [0.4, 0.5) is 22.4 Å². The summed E-state index contributed by atoms with van der Waals surface area (Å²) in [5.74, 6) is 1.98. The number of aromatic amines is 1. The van der Waals surface area contributed by atoms with Gasteiger partial charge in [-0.15, -0.1) is 0 Å². The van der Waals surface area contributed by atoms with E-state index in [1.165, 1.54) is 4.90 Å². The van der Waals surface area contributed by atoms with E-state index < -0.39 is 11.6 Å². The van der Waals surface area contributed by atoms with Crippen molar-refractivity contribution < 1.29 is 9.90 Å². The van der Waals surface area contributed by atoms with Crippen LogP contribution in [-0.2, 0) is 0 Å². The van der Waals surface area contributed by atoms with Gasteiger partial charge in [-0.05, 0) is 51.2 Å². The van der Waals surface area contributed by atoms with Gasteiger partial charge in [-0.1, -0.05) is 13.0 Å². The first-order valence-electron chi connectivity index (χ1n) is 11.2. The van der Waals surface area contributed by atoms with Gasteiger partial charge in [0.25, 0.3) is 0 Å². The first-order valence-corrected chi connectivity index (χ1v) is 11.2. The van der Waals surface area contributed by atoms with Gasteiger partial charge in [0.05, 0.1) is 11.2 Å². The van der Waals surface area contributed by atoms with Gasteiger partial charge in [0, 0.05) is 42.2 Å². The zero-order valence-electron chi connectivity index (χ0n) is 19.5. The molecule has 0 unspecified atom stereocenters. The van der Waals surface area contributed by atoms with Crippen molar-refractivity contribution in [3.8, 4) is 11.3 Å². The summed E-state index contributed by atoms with van der Waals surface area (Å²) in [5, 5.41) is 17.6. The number of fused-ring (bicyclic) bond motifs is 1. The molecule has 0 aliphatic carbocycles. The van der Waals surface area contributed by atoms with Crippen molar-refractivity contribution >= 4 is 34.6 Å². The molecule has 176 valence electrons. The minimum Gasteiger partial charge on any atom is -0.465 e. The number of nitrogen functional groups attached to an aromatic ring is 2. The van der Waals surface area contributed by atoms with E-state index in [-0.39, 0.29) is 11.9 Å². The SMILES string of the molecule is C[C@@H]1C[C@@H](CN(C(=O)O)C(C)(C)C)CN(c2cc(-c3ccc4c(N)n[nH]c4c3)nc(N)n2)C1. The molecule has 3 aromatic rings. The largest absolute Gasteiger partial charge is 0.465 e. The number of nitrogens with one attached hydrogen (secondary N) is 1. The summed E-state index contributed by atoms with van der Waals surface area (Å²) in [4.78, 5) is 24.5. The molecule has 0 bridgehead atoms. The predicted octanol–water partition coefficient (Wildman–Crippen LogP) is 3.43. The van der Waals surface area contributed by atoms with Crippen LogP contribution in [0.15, 0.2) is 24.3 Å². The summed E-state index contributed by atoms with van der Waals surface area (Å²) in [6.07, 6.45) is 0.0671. The van der Waals surface area contributed by atoms with Crippen molar-refractivity contribution in [1.82, 2.24) is 25.1 Å². The molecule has 1 aliphatic heterocycles. The smallest absolute Gasteiger partial charge is 0.407 e. The van der Waals surface area contributed by atoms with Crippen LogP contribution in [0, 0.1) is 11.8 Å². The number of anilines is 3. The Balaban J connectivity index is 1.61. The van der Waals surface area contributed by atoms with E-state index >= 15 is 0 Å². The van der Waals surface area contributed by atoms with Crippen molar-refractivity contribution in [2.24, 2.45) is 11.8 Å². The molecule has 2 atom stereocenters. The lowest BCUT2D eigenvalue weighted by molar-refractivity contribution is 0.0837. The van der Waals surface area contributed by atoms with Crippen LogP contribution in [0.2, 0.25) is 0 Å². The molecule has 33 heavy (non-hydrogen) atoms. The van der Waals surface area contributed by atoms with Crippen LogP contribution in [0.25, 0.3) is 22.2 Å². The quantitative estimate of drug-likeness (QED) is 0.470. The fourth-order valence-electron chi connectivity index (χ4n) is 4.66. The van der Waals surface area contributed by atoms with Crippen molar-refractivity contribution in [2.45, 2.75) is 39.7 Å². The molecule has 10 nitrogen and oxygen atoms in total. The number of nitrogens with two attached hydrogens (primary N) is 2. The van der Waals surface area contributed by atoms with Crippen LogP contribution in [0.5, 0.6) is 0 Å². The van der Waals surface area contributed by atoms with Gasteiger partial charge in [-0.3, -0.25) is 5.10 Å². The second-order valence-electron chi connectivity index (χ2n) is 10.0. The highest BCUT2D eigenvalue weighted by atomic mass is 16.4. The molecule has 1 fully saturated rings. The van der Waals surface area contributed by atoms with Crippen molar-refractivity contribution in [2.75, 3.05) is 36.0 Å². The number of amides is 1. The van der Waals surface area contributed by atoms with Crippen LogP contribution in [0.1, 0.15) is 34.1 Å². The highest BCUT2D eigenvalue weighted by Gasteiger charge is 2.33. The van der Waals surface area contributed by atoms with Crippen LogP contribution in [0.3, 0.4) is 0 Å². The summed E-state index contributed by atoms with van der Waals surface area (Å²) in [6, 6.07) is 7.73. The highest BCUT2D eigenvalue weighted by Crippen LogP contribution is 2.31. The number of benzene rings is 1. The normalized spacial score (nSPS) is 19.1. The molecular weight excluding hydrogens is 420 g/mol. The van der Waals surface area contributed by atoms with E-state index in [4.69, 9.17) is 11.5 Å². The lowest BCUT2D eigenvalue weighted by Gasteiger charge is -2.41. The third-order valence-electron chi connectivity index (χ3n) is 6.17. The summed E-state index contributed by atoms with van der Waals surface area (Å²) < 4.78 is 0. The van der Waals surface area contributed by atoms with Gasteiger partial charge in [-0.2, -0.15) is 10.1 Å². The number of hydrogen-bond acceptors (Lipinski definition) is 7. The van der Waals surface area contributed by atoms with Gasteiger partial charge in [0.15, 0.2) is 5.82 Å². The molecule has 1 saturated heterocycles. The number of rotatable bonds is 4. The Bertz CT molecular complexity index is 1170. The first-order chi connectivity index (χ1) is 15.5. The Labute approximate surface area is 193 Å². The van der Waals surface area contributed by atoms with E-state index in [1.807, 2.05) is 45.0 Å². The summed E-state index contributed by atoms with van der Waals surface area (Å²) in [7, 11) is 0. The van der Waals surface area contributed by atoms with Crippen LogP contribution >= 0.6 is 0 Å². The first kappa shape index (κ1) is 22.6. The summed E-state index contributed by atoms with van der Waals surface area (Å²) in [6.45, 7) is 9.96. The van der Waals surface area contributed by atoms with Crippen LogP contribution < -0.4 is 16.4 Å². The minimum atomic E-state index is -0.893. The molecule has 0 radical (unpaired) electrons. The molecule has 1 aliphatic rings. The Morgan fingerprint density at radius 3 is 2.70 bits per heavy atom. The number of H-pyrrole nitrogens is 1. The standard InChI is InChI=1S/C23H32N8O2/c1-13-7-14(12-31(22(32)33)23(2,3)4)11-30(10-13)19-9-17(26-21(25)27-19)15-5-6-16-18(8-15)28-29-20(16)24/h5-6,8-9,13-14H,7,10-12H2,1-4H3,(H,32,33)(H3,24,28,29)(H2,25,26,27)/t13-,14-/m1/s1. The summed E-state index contributed by atoms with van der Waals surface area (Å²) in [5.41, 5.74) is 13.9. The number of aromatic nitrogens is 4. The number of carbonyl (C=O) groups is 1. The van der Waals surface area contributed by atoms with Gasteiger partial charge < -0.3 is 26.4 Å². The fraction of sp³-hybridized carbons (Fsp3) is 0.478. The second kappa shape index (κ2) is 8.42. The Hall–Kier alpha value is -3.56. The van der Waals surface area contributed by atoms with E-state index in [1.54, 1.807) is 0 Å². The number of hydrogen-bond donors (Lipinski definition) is 4. The lowest BCUT2D eigenvalue weighted by Crippen LogP contribution is -2.51. The van der Waals surface area contributed by atoms with E-state index in [9.17, 15) is 9.90 Å². The highest BCUT2D eigenvalue weighted by molar-refractivity contribution is 5.91.